The van der Waals surface area contributed by atoms with Crippen LogP contribution >= 0.6 is 0 Å². The molecule has 1 saturated carbocycles. The van der Waals surface area contributed by atoms with Crippen LogP contribution in [0.15, 0.2) is 24.3 Å². The lowest BCUT2D eigenvalue weighted by atomic mass is 9.76. The second-order valence-electron chi connectivity index (χ2n) is 10.0. The first kappa shape index (κ1) is 27.5. The van der Waals surface area contributed by atoms with E-state index in [9.17, 15) is 8.78 Å². The van der Waals surface area contributed by atoms with Crippen molar-refractivity contribution in [1.82, 2.24) is 0 Å². The molecular weight excluding hydrogens is 452 g/mol. The zero-order valence-corrected chi connectivity index (χ0v) is 21.3. The summed E-state index contributed by atoms with van der Waals surface area (Å²) in [5, 5.41) is 0. The molecule has 0 atom stereocenters. The Kier molecular flexibility index (Phi) is 10.9. The van der Waals surface area contributed by atoms with Gasteiger partial charge in [-0.15, -0.1) is 0 Å². The van der Waals surface area contributed by atoms with Crippen molar-refractivity contribution in [1.29, 1.82) is 0 Å². The van der Waals surface area contributed by atoms with E-state index in [2.05, 4.69) is 6.92 Å². The zero-order valence-electron chi connectivity index (χ0n) is 21.3. The molecule has 0 aliphatic heterocycles. The number of ether oxygens (including phenoxy) is 1. The third-order valence-electron chi connectivity index (χ3n) is 7.46. The normalized spacial score (nSPS) is 18.1. The van der Waals surface area contributed by atoms with E-state index in [1.165, 1.54) is 56.7 Å². The molecular formula is C30H40F4O. The molecule has 1 aliphatic carbocycles. The van der Waals surface area contributed by atoms with Crippen molar-refractivity contribution in [2.75, 3.05) is 6.61 Å². The first-order chi connectivity index (χ1) is 17.0. The maximum absolute atomic E-state index is 15.1. The molecule has 0 saturated heterocycles. The average Bonchev–Trinajstić information content (AvgIpc) is 2.87. The summed E-state index contributed by atoms with van der Waals surface area (Å²) in [5.74, 6) is -4.02. The van der Waals surface area contributed by atoms with Gasteiger partial charge < -0.3 is 4.74 Å². The fourth-order valence-electron chi connectivity index (χ4n) is 5.27. The predicted octanol–water partition coefficient (Wildman–Crippen LogP) is 10.1. The second-order valence-corrected chi connectivity index (χ2v) is 10.0. The third kappa shape index (κ3) is 7.24. The van der Waals surface area contributed by atoms with Crippen LogP contribution in [0, 0.1) is 29.2 Å². The van der Waals surface area contributed by atoms with E-state index in [0.717, 1.165) is 44.9 Å². The SMILES string of the molecule is CCCCCCCC1CCC(c2ccc(-c3ccc(OCCCCC)c(F)c3F)c(F)c2F)CC1. The predicted molar refractivity (Wildman–Crippen MR) is 135 cm³/mol. The van der Waals surface area contributed by atoms with Gasteiger partial charge in [0.15, 0.2) is 23.2 Å². The highest BCUT2D eigenvalue weighted by atomic mass is 19.2. The van der Waals surface area contributed by atoms with Gasteiger partial charge in [0.25, 0.3) is 0 Å². The first-order valence-corrected chi connectivity index (χ1v) is 13.6. The molecule has 0 amide bonds. The highest BCUT2D eigenvalue weighted by molar-refractivity contribution is 5.66. The van der Waals surface area contributed by atoms with Gasteiger partial charge in [-0.1, -0.05) is 77.3 Å². The Bertz CT molecular complexity index is 934. The molecule has 194 valence electrons. The van der Waals surface area contributed by atoms with E-state index in [1.54, 1.807) is 6.07 Å². The van der Waals surface area contributed by atoms with Gasteiger partial charge in [0.2, 0.25) is 5.82 Å². The molecule has 0 unspecified atom stereocenters. The number of benzene rings is 2. The van der Waals surface area contributed by atoms with E-state index < -0.39 is 23.3 Å². The minimum Gasteiger partial charge on any atom is -0.490 e. The molecule has 2 aromatic rings. The quantitative estimate of drug-likeness (QED) is 0.200. The summed E-state index contributed by atoms with van der Waals surface area (Å²) in [6.45, 7) is 4.53. The number of halogens is 4. The Morgan fingerprint density at radius 1 is 0.657 bits per heavy atom. The number of hydrogen-bond acceptors (Lipinski definition) is 1. The summed E-state index contributed by atoms with van der Waals surface area (Å²) in [5.41, 5.74) is -0.205. The van der Waals surface area contributed by atoms with Gasteiger partial charge in [0.05, 0.1) is 6.61 Å². The van der Waals surface area contributed by atoms with Crippen molar-refractivity contribution in [3.8, 4) is 16.9 Å². The van der Waals surface area contributed by atoms with Crippen molar-refractivity contribution in [3.63, 3.8) is 0 Å². The molecule has 1 nitrogen and oxygen atoms in total. The van der Waals surface area contributed by atoms with Crippen LogP contribution in [0.1, 0.15) is 109 Å². The van der Waals surface area contributed by atoms with E-state index >= 15 is 8.78 Å². The van der Waals surface area contributed by atoms with Gasteiger partial charge in [-0.05, 0) is 61.6 Å². The van der Waals surface area contributed by atoms with E-state index in [0.29, 0.717) is 11.5 Å². The van der Waals surface area contributed by atoms with Crippen LogP contribution < -0.4 is 4.74 Å². The van der Waals surface area contributed by atoms with Crippen LogP contribution in [-0.2, 0) is 0 Å². The van der Waals surface area contributed by atoms with E-state index in [4.69, 9.17) is 4.74 Å². The summed E-state index contributed by atoms with van der Waals surface area (Å²) in [6.07, 6.45) is 14.0. The van der Waals surface area contributed by atoms with Crippen molar-refractivity contribution < 1.29 is 22.3 Å². The van der Waals surface area contributed by atoms with Crippen LogP contribution in [-0.4, -0.2) is 6.61 Å². The molecule has 1 aliphatic rings. The fraction of sp³-hybridized carbons (Fsp3) is 0.600. The molecule has 5 heteroatoms. The third-order valence-corrected chi connectivity index (χ3v) is 7.46. The van der Waals surface area contributed by atoms with Crippen molar-refractivity contribution in [2.45, 2.75) is 103 Å². The maximum Gasteiger partial charge on any atom is 0.201 e. The number of rotatable bonds is 13. The van der Waals surface area contributed by atoms with E-state index in [1.807, 2.05) is 6.92 Å². The highest BCUT2D eigenvalue weighted by Crippen LogP contribution is 2.41. The van der Waals surface area contributed by atoms with Gasteiger partial charge in [-0.3, -0.25) is 0 Å². The van der Waals surface area contributed by atoms with Gasteiger partial charge in [-0.2, -0.15) is 4.39 Å². The highest BCUT2D eigenvalue weighted by Gasteiger charge is 2.27. The largest absolute Gasteiger partial charge is 0.490 e. The van der Waals surface area contributed by atoms with Gasteiger partial charge in [0.1, 0.15) is 0 Å². The van der Waals surface area contributed by atoms with Crippen LogP contribution in [0.25, 0.3) is 11.1 Å². The molecule has 0 bridgehead atoms. The molecule has 35 heavy (non-hydrogen) atoms. The van der Waals surface area contributed by atoms with Gasteiger partial charge >= 0.3 is 0 Å². The molecule has 0 aromatic heterocycles. The minimum atomic E-state index is -1.22. The molecule has 2 aromatic carbocycles. The summed E-state index contributed by atoms with van der Waals surface area (Å²) < 4.78 is 64.8. The van der Waals surface area contributed by atoms with Crippen LogP contribution in [0.2, 0.25) is 0 Å². The topological polar surface area (TPSA) is 9.23 Å². The van der Waals surface area contributed by atoms with Crippen molar-refractivity contribution in [2.24, 2.45) is 5.92 Å². The lowest BCUT2D eigenvalue weighted by Gasteiger charge is -2.29. The van der Waals surface area contributed by atoms with Crippen molar-refractivity contribution >= 4 is 0 Å². The average molecular weight is 493 g/mol. The Morgan fingerprint density at radius 3 is 1.94 bits per heavy atom. The first-order valence-electron chi connectivity index (χ1n) is 13.6. The maximum atomic E-state index is 15.1. The number of unbranched alkanes of at least 4 members (excludes halogenated alkanes) is 6. The van der Waals surface area contributed by atoms with E-state index in [-0.39, 0.29) is 29.4 Å². The Hall–Kier alpha value is -2.04. The second kappa shape index (κ2) is 13.9. The molecule has 3 rings (SSSR count). The Morgan fingerprint density at radius 2 is 1.26 bits per heavy atom. The van der Waals surface area contributed by atoms with Crippen LogP contribution in [0.4, 0.5) is 17.6 Å². The number of hydrogen-bond donors (Lipinski definition) is 0. The summed E-state index contributed by atoms with van der Waals surface area (Å²) in [7, 11) is 0. The smallest absolute Gasteiger partial charge is 0.201 e. The standard InChI is InChI=1S/C30H40F4O/c1-3-5-7-8-9-11-21-12-14-22(15-13-21)23-16-17-24(28(32)27(23)31)25-18-19-26(30(34)29(25)33)35-20-10-6-4-2/h16-19,21-22H,3-15,20H2,1-2H3. The lowest BCUT2D eigenvalue weighted by molar-refractivity contribution is 0.286. The Labute approximate surface area is 208 Å². The summed E-state index contributed by atoms with van der Waals surface area (Å²) in [6, 6.07) is 5.48. The zero-order chi connectivity index (χ0) is 25.2. The molecule has 0 radical (unpaired) electrons. The van der Waals surface area contributed by atoms with Crippen molar-refractivity contribution in [3.05, 3.63) is 53.1 Å². The summed E-state index contributed by atoms with van der Waals surface area (Å²) in [4.78, 5) is 0. The van der Waals surface area contributed by atoms with Crippen LogP contribution in [0.5, 0.6) is 5.75 Å². The molecule has 0 spiro atoms. The molecule has 1 fully saturated rings. The minimum absolute atomic E-state index is 0.0321. The summed E-state index contributed by atoms with van der Waals surface area (Å²) >= 11 is 0. The monoisotopic (exact) mass is 492 g/mol. The van der Waals surface area contributed by atoms with Gasteiger partial charge in [-0.25, -0.2) is 13.2 Å². The molecule has 0 N–H and O–H groups in total. The van der Waals surface area contributed by atoms with Crippen LogP contribution in [0.3, 0.4) is 0 Å². The fourth-order valence-corrected chi connectivity index (χ4v) is 5.27. The van der Waals surface area contributed by atoms with Gasteiger partial charge in [0, 0.05) is 11.1 Å². The Balaban J connectivity index is 1.65. The molecule has 0 heterocycles. The lowest BCUT2D eigenvalue weighted by Crippen LogP contribution is -2.15.